The molecule has 2 aliphatic heterocycles. The molecule has 7 nitrogen and oxygen atoms in total. The number of carbonyl (C=O) groups excluding carboxylic acids is 1. The van der Waals surface area contributed by atoms with Crippen molar-refractivity contribution in [2.24, 2.45) is 0 Å². The fourth-order valence-corrected chi connectivity index (χ4v) is 3.41. The molecular weight excluding hydrogens is 304 g/mol. The fourth-order valence-electron chi connectivity index (χ4n) is 3.41. The number of rotatable bonds is 2. The van der Waals surface area contributed by atoms with Gasteiger partial charge in [0.2, 0.25) is 0 Å². The van der Waals surface area contributed by atoms with Crippen LogP contribution in [0.3, 0.4) is 0 Å². The van der Waals surface area contributed by atoms with Crippen LogP contribution >= 0.6 is 0 Å². The molecule has 0 aromatic carbocycles. The standard InChI is InChI=1S/C17H22N6O/c1-21-9-5-14-13(12-21)16(17(24)22-10-7-18-8-11-22)20-23(14)15-4-2-3-6-19-15/h2-4,6,18H,5,7-12H2,1H3. The molecule has 0 unspecified atom stereocenters. The topological polar surface area (TPSA) is 66.3 Å². The minimum Gasteiger partial charge on any atom is -0.335 e. The number of piperazine rings is 1. The van der Waals surface area contributed by atoms with E-state index in [1.807, 2.05) is 27.8 Å². The molecule has 1 saturated heterocycles. The molecule has 24 heavy (non-hydrogen) atoms. The molecule has 0 spiro atoms. The molecular formula is C17H22N6O. The average Bonchev–Trinajstić information content (AvgIpc) is 3.01. The van der Waals surface area contributed by atoms with Gasteiger partial charge in [0.15, 0.2) is 11.5 Å². The third kappa shape index (κ3) is 2.70. The highest BCUT2D eigenvalue weighted by molar-refractivity contribution is 5.94. The lowest BCUT2D eigenvalue weighted by Gasteiger charge is -2.28. The number of aromatic nitrogens is 3. The summed E-state index contributed by atoms with van der Waals surface area (Å²) < 4.78 is 1.86. The first kappa shape index (κ1) is 15.3. The molecule has 0 aliphatic carbocycles. The first-order valence-corrected chi connectivity index (χ1v) is 8.45. The maximum atomic E-state index is 13.0. The van der Waals surface area contributed by atoms with Gasteiger partial charge in [-0.1, -0.05) is 6.07 Å². The van der Waals surface area contributed by atoms with E-state index in [1.54, 1.807) is 6.20 Å². The summed E-state index contributed by atoms with van der Waals surface area (Å²) >= 11 is 0. The largest absolute Gasteiger partial charge is 0.335 e. The van der Waals surface area contributed by atoms with Gasteiger partial charge in [0.05, 0.1) is 5.69 Å². The van der Waals surface area contributed by atoms with E-state index in [0.717, 1.165) is 62.8 Å². The van der Waals surface area contributed by atoms with Crippen molar-refractivity contribution >= 4 is 5.91 Å². The Kier molecular flexibility index (Phi) is 4.03. The summed E-state index contributed by atoms with van der Waals surface area (Å²) in [5, 5.41) is 7.97. The SMILES string of the molecule is CN1CCc2c(c(C(=O)N3CCNCC3)nn2-c2ccccn2)C1. The molecule has 4 rings (SSSR count). The van der Waals surface area contributed by atoms with Crippen molar-refractivity contribution in [1.82, 2.24) is 29.9 Å². The molecule has 7 heteroatoms. The molecule has 0 saturated carbocycles. The Morgan fingerprint density at radius 1 is 1.21 bits per heavy atom. The van der Waals surface area contributed by atoms with Crippen LogP contribution in [-0.4, -0.2) is 70.2 Å². The number of pyridine rings is 1. The molecule has 1 amide bonds. The zero-order chi connectivity index (χ0) is 16.5. The summed E-state index contributed by atoms with van der Waals surface area (Å²) in [6.07, 6.45) is 2.64. The molecule has 126 valence electrons. The lowest BCUT2D eigenvalue weighted by atomic mass is 10.0. The molecule has 1 fully saturated rings. The van der Waals surface area contributed by atoms with Crippen LogP contribution in [0.15, 0.2) is 24.4 Å². The molecule has 1 N–H and O–H groups in total. The van der Waals surface area contributed by atoms with E-state index in [0.29, 0.717) is 5.69 Å². The van der Waals surface area contributed by atoms with E-state index in [2.05, 4.69) is 27.3 Å². The zero-order valence-corrected chi connectivity index (χ0v) is 13.9. The lowest BCUT2D eigenvalue weighted by Crippen LogP contribution is -2.46. The zero-order valence-electron chi connectivity index (χ0n) is 13.9. The minimum atomic E-state index is 0.0396. The minimum absolute atomic E-state index is 0.0396. The van der Waals surface area contributed by atoms with Gasteiger partial charge in [0, 0.05) is 57.4 Å². The highest BCUT2D eigenvalue weighted by Crippen LogP contribution is 2.25. The number of fused-ring (bicyclic) bond motifs is 1. The maximum absolute atomic E-state index is 13.0. The van der Waals surface area contributed by atoms with Crippen LogP contribution in [0, 0.1) is 0 Å². The van der Waals surface area contributed by atoms with Crippen molar-refractivity contribution in [3.8, 4) is 5.82 Å². The highest BCUT2D eigenvalue weighted by Gasteiger charge is 2.30. The first-order valence-electron chi connectivity index (χ1n) is 8.45. The Labute approximate surface area is 141 Å². The predicted octanol–water partition coefficient (Wildman–Crippen LogP) is 0.301. The highest BCUT2D eigenvalue weighted by atomic mass is 16.2. The van der Waals surface area contributed by atoms with Crippen LogP contribution in [0.1, 0.15) is 21.7 Å². The van der Waals surface area contributed by atoms with Crippen molar-refractivity contribution in [2.75, 3.05) is 39.8 Å². The smallest absolute Gasteiger partial charge is 0.274 e. The third-order valence-electron chi connectivity index (χ3n) is 4.72. The Balaban J connectivity index is 1.76. The molecule has 2 aromatic heterocycles. The van der Waals surface area contributed by atoms with E-state index >= 15 is 0 Å². The number of nitrogens with one attached hydrogen (secondary N) is 1. The Morgan fingerprint density at radius 3 is 2.79 bits per heavy atom. The van der Waals surface area contributed by atoms with Gasteiger partial charge < -0.3 is 15.1 Å². The van der Waals surface area contributed by atoms with Gasteiger partial charge in [-0.2, -0.15) is 5.10 Å². The van der Waals surface area contributed by atoms with Gasteiger partial charge >= 0.3 is 0 Å². The van der Waals surface area contributed by atoms with Gasteiger partial charge in [0.25, 0.3) is 5.91 Å². The second-order valence-electron chi connectivity index (χ2n) is 6.40. The maximum Gasteiger partial charge on any atom is 0.274 e. The van der Waals surface area contributed by atoms with Crippen LogP contribution < -0.4 is 5.32 Å². The lowest BCUT2D eigenvalue weighted by molar-refractivity contribution is 0.0727. The molecule has 0 radical (unpaired) electrons. The van der Waals surface area contributed by atoms with Gasteiger partial charge in [-0.3, -0.25) is 4.79 Å². The van der Waals surface area contributed by atoms with Crippen molar-refractivity contribution < 1.29 is 4.79 Å². The average molecular weight is 326 g/mol. The quantitative estimate of drug-likeness (QED) is 0.860. The van der Waals surface area contributed by atoms with E-state index in [4.69, 9.17) is 0 Å². The summed E-state index contributed by atoms with van der Waals surface area (Å²) in [6, 6.07) is 5.77. The van der Waals surface area contributed by atoms with Gasteiger partial charge in [-0.25, -0.2) is 9.67 Å². The molecule has 4 heterocycles. The van der Waals surface area contributed by atoms with Crippen molar-refractivity contribution in [2.45, 2.75) is 13.0 Å². The van der Waals surface area contributed by atoms with E-state index in [9.17, 15) is 4.79 Å². The predicted molar refractivity (Wildman–Crippen MR) is 90.2 cm³/mol. The van der Waals surface area contributed by atoms with Crippen LogP contribution in [0.25, 0.3) is 5.82 Å². The summed E-state index contributed by atoms with van der Waals surface area (Å²) in [4.78, 5) is 21.6. The van der Waals surface area contributed by atoms with Crippen LogP contribution in [-0.2, 0) is 13.0 Å². The van der Waals surface area contributed by atoms with Gasteiger partial charge in [-0.15, -0.1) is 0 Å². The number of nitrogens with zero attached hydrogens (tertiary/aromatic N) is 5. The van der Waals surface area contributed by atoms with Crippen molar-refractivity contribution in [3.05, 3.63) is 41.3 Å². The summed E-state index contributed by atoms with van der Waals surface area (Å²) in [6.45, 7) is 4.88. The Bertz CT molecular complexity index is 735. The van der Waals surface area contributed by atoms with Crippen molar-refractivity contribution in [3.63, 3.8) is 0 Å². The van der Waals surface area contributed by atoms with Gasteiger partial charge in [0.1, 0.15) is 0 Å². The second kappa shape index (κ2) is 6.33. The number of hydrogen-bond donors (Lipinski definition) is 1. The fraction of sp³-hybridized carbons (Fsp3) is 0.471. The monoisotopic (exact) mass is 326 g/mol. The van der Waals surface area contributed by atoms with Crippen LogP contribution in [0.4, 0.5) is 0 Å². The van der Waals surface area contributed by atoms with E-state index in [1.165, 1.54) is 0 Å². The molecule has 2 aromatic rings. The Hall–Kier alpha value is -2.25. The van der Waals surface area contributed by atoms with E-state index in [-0.39, 0.29) is 5.91 Å². The number of likely N-dealkylation sites (N-methyl/N-ethyl adjacent to an activating group) is 1. The summed E-state index contributed by atoms with van der Waals surface area (Å²) in [5.41, 5.74) is 2.76. The first-order chi connectivity index (χ1) is 11.7. The third-order valence-corrected chi connectivity index (χ3v) is 4.72. The van der Waals surface area contributed by atoms with E-state index < -0.39 is 0 Å². The number of hydrogen-bond acceptors (Lipinski definition) is 5. The van der Waals surface area contributed by atoms with Gasteiger partial charge in [-0.05, 0) is 19.2 Å². The van der Waals surface area contributed by atoms with Crippen LogP contribution in [0.2, 0.25) is 0 Å². The summed E-state index contributed by atoms with van der Waals surface area (Å²) in [5.74, 6) is 0.815. The summed E-state index contributed by atoms with van der Waals surface area (Å²) in [7, 11) is 2.08. The molecule has 0 bridgehead atoms. The normalized spacial score (nSPS) is 18.5. The molecule has 0 atom stereocenters. The number of amides is 1. The van der Waals surface area contributed by atoms with Crippen molar-refractivity contribution in [1.29, 1.82) is 0 Å². The number of carbonyl (C=O) groups is 1. The molecule has 2 aliphatic rings. The van der Waals surface area contributed by atoms with Crippen LogP contribution in [0.5, 0.6) is 0 Å². The second-order valence-corrected chi connectivity index (χ2v) is 6.40. The Morgan fingerprint density at radius 2 is 2.04 bits per heavy atom.